The van der Waals surface area contributed by atoms with Crippen molar-refractivity contribution >= 4 is 18.3 Å². The topological polar surface area (TPSA) is 55.1 Å². The molecule has 0 fully saturated rings. The van der Waals surface area contributed by atoms with Crippen molar-refractivity contribution in [2.24, 2.45) is 5.73 Å². The van der Waals surface area contributed by atoms with E-state index in [9.17, 15) is 9.18 Å². The number of rotatable bonds is 5. The van der Waals surface area contributed by atoms with Gasteiger partial charge in [0.25, 0.3) is 0 Å². The van der Waals surface area contributed by atoms with Gasteiger partial charge in [-0.25, -0.2) is 4.39 Å². The number of nitrogens with one attached hydrogen (secondary N) is 1. The van der Waals surface area contributed by atoms with E-state index in [1.807, 2.05) is 43.3 Å². The summed E-state index contributed by atoms with van der Waals surface area (Å²) in [7, 11) is 0. The van der Waals surface area contributed by atoms with Crippen molar-refractivity contribution in [3.63, 3.8) is 0 Å². The Bertz CT molecular complexity index is 649. The van der Waals surface area contributed by atoms with E-state index in [-0.39, 0.29) is 42.6 Å². The predicted molar refractivity (Wildman–Crippen MR) is 92.9 cm³/mol. The normalized spacial score (nSPS) is 12.9. The smallest absolute Gasteiger partial charge is 0.222 e. The van der Waals surface area contributed by atoms with Gasteiger partial charge in [0, 0.05) is 12.5 Å². The molecule has 3 N–H and O–H groups in total. The van der Waals surface area contributed by atoms with Crippen molar-refractivity contribution in [1.82, 2.24) is 5.32 Å². The lowest BCUT2D eigenvalue weighted by atomic mass is 10.0. The SMILES string of the molecule is Cc1ccc(C(C)NC(=O)CC(N)c2ccccc2)cc1F.Cl. The molecule has 0 spiro atoms. The Labute approximate surface area is 142 Å². The Balaban J connectivity index is 0.00000264. The van der Waals surface area contributed by atoms with E-state index < -0.39 is 0 Å². The van der Waals surface area contributed by atoms with Crippen molar-refractivity contribution in [2.45, 2.75) is 32.4 Å². The third-order valence-corrected chi connectivity index (χ3v) is 3.71. The van der Waals surface area contributed by atoms with Gasteiger partial charge in [-0.2, -0.15) is 0 Å². The summed E-state index contributed by atoms with van der Waals surface area (Å²) >= 11 is 0. The zero-order valence-corrected chi connectivity index (χ0v) is 14.1. The van der Waals surface area contributed by atoms with Gasteiger partial charge in [-0.3, -0.25) is 4.79 Å². The van der Waals surface area contributed by atoms with Crippen LogP contribution in [0.25, 0.3) is 0 Å². The molecule has 3 nitrogen and oxygen atoms in total. The molecule has 0 aliphatic rings. The Morgan fingerprint density at radius 1 is 1.17 bits per heavy atom. The van der Waals surface area contributed by atoms with Gasteiger partial charge < -0.3 is 11.1 Å². The van der Waals surface area contributed by atoms with E-state index in [0.717, 1.165) is 11.1 Å². The second-order valence-corrected chi connectivity index (χ2v) is 5.52. The standard InChI is InChI=1S/C18H21FN2O.ClH/c1-12-8-9-15(10-16(12)19)13(2)21-18(22)11-17(20)14-6-4-3-5-7-14;/h3-10,13,17H,11,20H2,1-2H3,(H,21,22);1H. The molecule has 0 aliphatic heterocycles. The van der Waals surface area contributed by atoms with E-state index in [1.165, 1.54) is 6.07 Å². The number of aryl methyl sites for hydroxylation is 1. The highest BCUT2D eigenvalue weighted by Crippen LogP contribution is 2.18. The van der Waals surface area contributed by atoms with E-state index in [1.54, 1.807) is 13.0 Å². The van der Waals surface area contributed by atoms with Gasteiger partial charge in [0.15, 0.2) is 0 Å². The Hall–Kier alpha value is -1.91. The second kappa shape index (κ2) is 8.65. The lowest BCUT2D eigenvalue weighted by Crippen LogP contribution is -2.29. The fourth-order valence-corrected chi connectivity index (χ4v) is 2.28. The number of nitrogens with two attached hydrogens (primary N) is 1. The van der Waals surface area contributed by atoms with Crippen molar-refractivity contribution in [3.8, 4) is 0 Å². The van der Waals surface area contributed by atoms with Gasteiger partial charge in [-0.05, 0) is 36.6 Å². The molecule has 124 valence electrons. The number of amides is 1. The highest BCUT2D eigenvalue weighted by Gasteiger charge is 2.15. The molecular formula is C18H22ClFN2O. The van der Waals surface area contributed by atoms with E-state index in [0.29, 0.717) is 5.56 Å². The number of halogens is 2. The van der Waals surface area contributed by atoms with Crippen LogP contribution in [0.2, 0.25) is 0 Å². The van der Waals surface area contributed by atoms with Crippen LogP contribution in [-0.2, 0) is 4.79 Å². The van der Waals surface area contributed by atoms with Crippen LogP contribution in [0.4, 0.5) is 4.39 Å². The maximum atomic E-state index is 13.6. The van der Waals surface area contributed by atoms with E-state index in [2.05, 4.69) is 5.32 Å². The van der Waals surface area contributed by atoms with Crippen LogP contribution in [-0.4, -0.2) is 5.91 Å². The summed E-state index contributed by atoms with van der Waals surface area (Å²) in [4.78, 5) is 12.1. The number of hydrogen-bond donors (Lipinski definition) is 2. The number of carbonyl (C=O) groups excluding carboxylic acids is 1. The molecule has 2 unspecified atom stereocenters. The highest BCUT2D eigenvalue weighted by atomic mass is 35.5. The molecule has 0 radical (unpaired) electrons. The third-order valence-electron chi connectivity index (χ3n) is 3.71. The van der Waals surface area contributed by atoms with Crippen LogP contribution in [0.1, 0.15) is 42.1 Å². The minimum absolute atomic E-state index is 0. The van der Waals surface area contributed by atoms with Crippen molar-refractivity contribution < 1.29 is 9.18 Å². The van der Waals surface area contributed by atoms with Crippen molar-refractivity contribution in [1.29, 1.82) is 0 Å². The number of benzene rings is 2. The molecule has 0 saturated heterocycles. The summed E-state index contributed by atoms with van der Waals surface area (Å²) in [6.45, 7) is 3.54. The molecule has 23 heavy (non-hydrogen) atoms. The van der Waals surface area contributed by atoms with Crippen LogP contribution in [0.3, 0.4) is 0 Å². The number of carbonyl (C=O) groups is 1. The summed E-state index contributed by atoms with van der Waals surface area (Å²) in [5.41, 5.74) is 8.29. The highest BCUT2D eigenvalue weighted by molar-refractivity contribution is 5.85. The first-order valence-corrected chi connectivity index (χ1v) is 7.33. The van der Waals surface area contributed by atoms with Crippen LogP contribution in [0.5, 0.6) is 0 Å². The van der Waals surface area contributed by atoms with E-state index >= 15 is 0 Å². The average molecular weight is 337 g/mol. The van der Waals surface area contributed by atoms with Gasteiger partial charge in [-0.1, -0.05) is 42.5 Å². The first-order valence-electron chi connectivity index (χ1n) is 7.33. The van der Waals surface area contributed by atoms with Crippen LogP contribution >= 0.6 is 12.4 Å². The van der Waals surface area contributed by atoms with Crippen molar-refractivity contribution in [3.05, 3.63) is 71.0 Å². The van der Waals surface area contributed by atoms with Crippen LogP contribution in [0, 0.1) is 12.7 Å². The maximum absolute atomic E-state index is 13.6. The summed E-state index contributed by atoms with van der Waals surface area (Å²) in [5.74, 6) is -0.413. The van der Waals surface area contributed by atoms with Gasteiger partial charge >= 0.3 is 0 Å². The average Bonchev–Trinajstić information content (AvgIpc) is 2.50. The summed E-state index contributed by atoms with van der Waals surface area (Å²) in [6, 6.07) is 13.9. The van der Waals surface area contributed by atoms with Gasteiger partial charge in [0.2, 0.25) is 5.91 Å². The quantitative estimate of drug-likeness (QED) is 0.872. The Morgan fingerprint density at radius 2 is 1.83 bits per heavy atom. The lowest BCUT2D eigenvalue weighted by Gasteiger charge is -2.17. The van der Waals surface area contributed by atoms with Crippen LogP contribution in [0.15, 0.2) is 48.5 Å². The van der Waals surface area contributed by atoms with E-state index in [4.69, 9.17) is 5.73 Å². The summed E-state index contributed by atoms with van der Waals surface area (Å²) in [5, 5.41) is 2.86. The van der Waals surface area contributed by atoms with Crippen molar-refractivity contribution in [2.75, 3.05) is 0 Å². The van der Waals surface area contributed by atoms with Crippen LogP contribution < -0.4 is 11.1 Å². The Kier molecular flexibility index (Phi) is 7.20. The lowest BCUT2D eigenvalue weighted by molar-refractivity contribution is -0.122. The molecule has 0 aliphatic carbocycles. The molecule has 0 aromatic heterocycles. The molecule has 2 rings (SSSR count). The molecule has 2 aromatic rings. The maximum Gasteiger partial charge on any atom is 0.222 e. The van der Waals surface area contributed by atoms with Gasteiger partial charge in [-0.15, -0.1) is 12.4 Å². The second-order valence-electron chi connectivity index (χ2n) is 5.52. The molecular weight excluding hydrogens is 315 g/mol. The largest absolute Gasteiger partial charge is 0.350 e. The van der Waals surface area contributed by atoms with Gasteiger partial charge in [0.05, 0.1) is 6.04 Å². The molecule has 2 aromatic carbocycles. The fourth-order valence-electron chi connectivity index (χ4n) is 2.28. The first-order chi connectivity index (χ1) is 10.5. The molecule has 0 saturated carbocycles. The summed E-state index contributed by atoms with van der Waals surface area (Å²) in [6.07, 6.45) is 0.197. The Morgan fingerprint density at radius 3 is 2.43 bits per heavy atom. The predicted octanol–water partition coefficient (Wildman–Crippen LogP) is 3.82. The molecule has 5 heteroatoms. The van der Waals surface area contributed by atoms with Gasteiger partial charge in [0.1, 0.15) is 5.82 Å². The summed E-state index contributed by atoms with van der Waals surface area (Å²) < 4.78 is 13.6. The molecule has 0 heterocycles. The minimum Gasteiger partial charge on any atom is -0.350 e. The molecule has 0 bridgehead atoms. The molecule has 1 amide bonds. The molecule has 2 atom stereocenters. The zero-order valence-electron chi connectivity index (χ0n) is 13.3. The minimum atomic E-state index is -0.344. The first kappa shape index (κ1) is 19.1. The third kappa shape index (κ3) is 5.34. The fraction of sp³-hybridized carbons (Fsp3) is 0.278. The number of hydrogen-bond acceptors (Lipinski definition) is 2. The monoisotopic (exact) mass is 336 g/mol. The zero-order chi connectivity index (χ0) is 16.1.